The van der Waals surface area contributed by atoms with Gasteiger partial charge in [-0.1, -0.05) is 0 Å². The van der Waals surface area contributed by atoms with Crippen LogP contribution in [0.5, 0.6) is 0 Å². The van der Waals surface area contributed by atoms with Gasteiger partial charge in [0.25, 0.3) is 0 Å². The maximum atomic E-state index is 11.4. The summed E-state index contributed by atoms with van der Waals surface area (Å²) in [5.41, 5.74) is 0. The molecular weight excluding hydrogens is 198 g/mol. The highest BCUT2D eigenvalue weighted by Gasteiger charge is 2.24. The summed E-state index contributed by atoms with van der Waals surface area (Å²) >= 11 is 0. The highest BCUT2D eigenvalue weighted by atomic mass is 16.5. The smallest absolute Gasteiger partial charge is 0.222 e. The lowest BCUT2D eigenvalue weighted by Gasteiger charge is -2.28. The average molecular weight is 217 g/mol. The van der Waals surface area contributed by atoms with Gasteiger partial charge in [0, 0.05) is 19.6 Å². The summed E-state index contributed by atoms with van der Waals surface area (Å²) in [5, 5.41) is 12.3. The van der Waals surface area contributed by atoms with Crippen LogP contribution in [0.2, 0.25) is 0 Å². The molecule has 1 fully saturated rings. The summed E-state index contributed by atoms with van der Waals surface area (Å²) in [6.07, 6.45) is 0.425. The number of aliphatic hydroxyl groups is 1. The molecule has 1 aliphatic rings. The van der Waals surface area contributed by atoms with E-state index in [1.165, 1.54) is 0 Å². The van der Waals surface area contributed by atoms with Gasteiger partial charge >= 0.3 is 0 Å². The molecule has 0 radical (unpaired) electrons. The number of hydrogen-bond donors (Lipinski definition) is 2. The van der Waals surface area contributed by atoms with Crippen molar-refractivity contribution < 1.29 is 19.4 Å². The van der Waals surface area contributed by atoms with Crippen molar-refractivity contribution in [1.29, 1.82) is 0 Å². The Balaban J connectivity index is 2.18. The van der Waals surface area contributed by atoms with Gasteiger partial charge in [-0.2, -0.15) is 0 Å². The van der Waals surface area contributed by atoms with Gasteiger partial charge in [0.1, 0.15) is 0 Å². The molecule has 1 aliphatic heterocycles. The van der Waals surface area contributed by atoms with E-state index in [1.807, 2.05) is 6.92 Å². The molecule has 2 atom stereocenters. The monoisotopic (exact) mass is 217 g/mol. The van der Waals surface area contributed by atoms with Crippen LogP contribution in [0.4, 0.5) is 0 Å². The van der Waals surface area contributed by atoms with E-state index in [9.17, 15) is 9.90 Å². The first-order valence-electron chi connectivity index (χ1n) is 5.37. The minimum atomic E-state index is -0.588. The molecule has 0 saturated carbocycles. The molecule has 0 aromatic carbocycles. The zero-order chi connectivity index (χ0) is 11.1. The lowest BCUT2D eigenvalue weighted by molar-refractivity contribution is -0.125. The predicted molar refractivity (Wildman–Crippen MR) is 54.5 cm³/mol. The first-order valence-corrected chi connectivity index (χ1v) is 5.37. The quantitative estimate of drug-likeness (QED) is 0.619. The van der Waals surface area contributed by atoms with Crippen molar-refractivity contribution in [3.05, 3.63) is 0 Å². The van der Waals surface area contributed by atoms with Crippen LogP contribution in [0.15, 0.2) is 0 Å². The standard InChI is InChI=1S/C10H19NO4/c1-2-14-6-4-10(13)11-8-3-5-15-7-9(8)12/h8-9,12H,2-7H2,1H3,(H,11,13)/t8-,9-/m1/s1. The maximum absolute atomic E-state index is 11.4. The summed E-state index contributed by atoms with van der Waals surface area (Å²) in [7, 11) is 0. The Kier molecular flexibility index (Phi) is 5.60. The van der Waals surface area contributed by atoms with Crippen LogP contribution in [0.25, 0.3) is 0 Å². The summed E-state index contributed by atoms with van der Waals surface area (Å²) < 4.78 is 10.1. The average Bonchev–Trinajstić information content (AvgIpc) is 2.22. The lowest BCUT2D eigenvalue weighted by Crippen LogP contribution is -2.48. The SMILES string of the molecule is CCOCCC(=O)N[C@@H]1CCOC[C@H]1O. The zero-order valence-corrected chi connectivity index (χ0v) is 9.07. The van der Waals surface area contributed by atoms with Gasteiger partial charge in [-0.05, 0) is 13.3 Å². The maximum Gasteiger partial charge on any atom is 0.222 e. The highest BCUT2D eigenvalue weighted by Crippen LogP contribution is 2.07. The van der Waals surface area contributed by atoms with E-state index in [4.69, 9.17) is 9.47 Å². The summed E-state index contributed by atoms with van der Waals surface area (Å²) in [6, 6.07) is -0.173. The summed E-state index contributed by atoms with van der Waals surface area (Å²) in [5.74, 6) is -0.0746. The Morgan fingerprint density at radius 2 is 2.47 bits per heavy atom. The van der Waals surface area contributed by atoms with E-state index in [0.29, 0.717) is 39.3 Å². The van der Waals surface area contributed by atoms with Crippen molar-refractivity contribution in [2.24, 2.45) is 0 Å². The second-order valence-electron chi connectivity index (χ2n) is 3.55. The van der Waals surface area contributed by atoms with Gasteiger partial charge in [0.2, 0.25) is 5.91 Å². The minimum absolute atomic E-state index is 0.0746. The van der Waals surface area contributed by atoms with Crippen molar-refractivity contribution in [2.45, 2.75) is 31.9 Å². The van der Waals surface area contributed by atoms with Crippen molar-refractivity contribution in [1.82, 2.24) is 5.32 Å². The zero-order valence-electron chi connectivity index (χ0n) is 9.07. The number of carbonyl (C=O) groups excluding carboxylic acids is 1. The molecule has 0 bridgehead atoms. The van der Waals surface area contributed by atoms with Gasteiger partial charge < -0.3 is 19.9 Å². The van der Waals surface area contributed by atoms with Crippen LogP contribution >= 0.6 is 0 Å². The molecule has 0 spiro atoms. The number of rotatable bonds is 5. The molecule has 1 saturated heterocycles. The summed E-state index contributed by atoms with van der Waals surface area (Å²) in [4.78, 5) is 11.4. The lowest BCUT2D eigenvalue weighted by atomic mass is 10.1. The van der Waals surface area contributed by atoms with E-state index in [-0.39, 0.29) is 11.9 Å². The molecular formula is C10H19NO4. The van der Waals surface area contributed by atoms with Crippen molar-refractivity contribution >= 4 is 5.91 Å². The molecule has 15 heavy (non-hydrogen) atoms. The van der Waals surface area contributed by atoms with Crippen LogP contribution in [0, 0.1) is 0 Å². The molecule has 5 heteroatoms. The number of ether oxygens (including phenoxy) is 2. The predicted octanol–water partition coefficient (Wildman–Crippen LogP) is -0.321. The normalized spacial score (nSPS) is 26.3. The first-order chi connectivity index (χ1) is 7.24. The van der Waals surface area contributed by atoms with E-state index in [0.717, 1.165) is 0 Å². The van der Waals surface area contributed by atoms with Crippen LogP contribution in [0.1, 0.15) is 19.8 Å². The molecule has 5 nitrogen and oxygen atoms in total. The Morgan fingerprint density at radius 3 is 3.13 bits per heavy atom. The van der Waals surface area contributed by atoms with E-state index in [2.05, 4.69) is 5.32 Å². The third kappa shape index (κ3) is 4.59. The van der Waals surface area contributed by atoms with Gasteiger partial charge in [0.15, 0.2) is 0 Å². The fraction of sp³-hybridized carbons (Fsp3) is 0.900. The Hall–Kier alpha value is -0.650. The van der Waals surface area contributed by atoms with E-state index in [1.54, 1.807) is 0 Å². The van der Waals surface area contributed by atoms with E-state index >= 15 is 0 Å². The highest BCUT2D eigenvalue weighted by molar-refractivity contribution is 5.76. The molecule has 1 rings (SSSR count). The van der Waals surface area contributed by atoms with Gasteiger partial charge in [0.05, 0.1) is 25.4 Å². The first kappa shape index (κ1) is 12.4. The van der Waals surface area contributed by atoms with Crippen LogP contribution in [0.3, 0.4) is 0 Å². The topological polar surface area (TPSA) is 67.8 Å². The van der Waals surface area contributed by atoms with Gasteiger partial charge in [-0.25, -0.2) is 0 Å². The number of amides is 1. The molecule has 2 N–H and O–H groups in total. The molecule has 0 unspecified atom stereocenters. The Bertz CT molecular complexity index is 198. The number of nitrogens with one attached hydrogen (secondary N) is 1. The fourth-order valence-electron chi connectivity index (χ4n) is 1.48. The molecule has 1 amide bonds. The van der Waals surface area contributed by atoms with Crippen molar-refractivity contribution in [3.63, 3.8) is 0 Å². The summed E-state index contributed by atoms with van der Waals surface area (Å²) in [6.45, 7) is 3.83. The third-order valence-electron chi connectivity index (χ3n) is 2.35. The largest absolute Gasteiger partial charge is 0.389 e. The van der Waals surface area contributed by atoms with Crippen LogP contribution < -0.4 is 5.32 Å². The van der Waals surface area contributed by atoms with Crippen LogP contribution in [-0.2, 0) is 14.3 Å². The number of carbonyl (C=O) groups is 1. The minimum Gasteiger partial charge on any atom is -0.389 e. The van der Waals surface area contributed by atoms with Crippen LogP contribution in [-0.4, -0.2) is 49.6 Å². The number of hydrogen-bond acceptors (Lipinski definition) is 4. The van der Waals surface area contributed by atoms with Crippen molar-refractivity contribution in [2.75, 3.05) is 26.4 Å². The third-order valence-corrected chi connectivity index (χ3v) is 2.35. The molecule has 0 aromatic heterocycles. The Morgan fingerprint density at radius 1 is 1.67 bits per heavy atom. The molecule has 0 aliphatic carbocycles. The molecule has 88 valence electrons. The second kappa shape index (κ2) is 6.76. The molecule has 0 aromatic rings. The molecule has 1 heterocycles. The second-order valence-corrected chi connectivity index (χ2v) is 3.55. The van der Waals surface area contributed by atoms with Gasteiger partial charge in [-0.3, -0.25) is 4.79 Å². The van der Waals surface area contributed by atoms with E-state index < -0.39 is 6.10 Å². The van der Waals surface area contributed by atoms with Crippen molar-refractivity contribution in [3.8, 4) is 0 Å². The fourth-order valence-corrected chi connectivity index (χ4v) is 1.48. The Labute approximate surface area is 89.8 Å². The number of aliphatic hydroxyl groups excluding tert-OH is 1. The van der Waals surface area contributed by atoms with Gasteiger partial charge in [-0.15, -0.1) is 0 Å².